The molecule has 1 amide bonds. The largest absolute Gasteiger partial charge is 0.489 e. The first-order valence-corrected chi connectivity index (χ1v) is 9.74. The zero-order chi connectivity index (χ0) is 18.6. The van der Waals surface area contributed by atoms with Gasteiger partial charge in [-0.25, -0.2) is 0 Å². The van der Waals surface area contributed by atoms with E-state index in [1.54, 1.807) is 11.2 Å². The Morgan fingerprint density at radius 1 is 1.12 bits per heavy atom. The van der Waals surface area contributed by atoms with Gasteiger partial charge in [0, 0.05) is 12.6 Å². The van der Waals surface area contributed by atoms with Crippen LogP contribution in [0, 0.1) is 20.8 Å². The summed E-state index contributed by atoms with van der Waals surface area (Å²) in [6.07, 6.45) is 2.71. The number of aryl methyl sites for hydroxylation is 4. The van der Waals surface area contributed by atoms with Crippen LogP contribution < -0.4 is 9.64 Å². The van der Waals surface area contributed by atoms with Crippen molar-refractivity contribution in [3.63, 3.8) is 0 Å². The summed E-state index contributed by atoms with van der Waals surface area (Å²) >= 11 is 1.22. The lowest BCUT2D eigenvalue weighted by Gasteiger charge is -2.22. The van der Waals surface area contributed by atoms with Crippen LogP contribution in [0.5, 0.6) is 5.75 Å². The minimum Gasteiger partial charge on any atom is -0.489 e. The normalized spacial score (nSPS) is 10.6. The molecule has 0 saturated carbocycles. The lowest BCUT2D eigenvalue weighted by Crippen LogP contribution is -2.23. The molecule has 0 unspecified atom stereocenters. The van der Waals surface area contributed by atoms with Gasteiger partial charge in [0.05, 0.1) is 5.69 Å². The number of carbonyl (C=O) groups is 1. The highest BCUT2D eigenvalue weighted by Gasteiger charge is 2.17. The molecule has 25 heavy (non-hydrogen) atoms. The summed E-state index contributed by atoms with van der Waals surface area (Å²) in [5, 5.41) is 0.0249. The molecule has 3 nitrogen and oxygen atoms in total. The number of thioether (sulfide) groups is 1. The molecule has 0 aromatic heterocycles. The Morgan fingerprint density at radius 2 is 1.80 bits per heavy atom. The van der Waals surface area contributed by atoms with E-state index >= 15 is 0 Å². The van der Waals surface area contributed by atoms with Crippen LogP contribution in [0.25, 0.3) is 0 Å². The fourth-order valence-corrected chi connectivity index (χ4v) is 3.28. The quantitative estimate of drug-likeness (QED) is 0.690. The predicted molar refractivity (Wildman–Crippen MR) is 108 cm³/mol. The molecular formula is C21H27NO2S. The number of amides is 1. The molecule has 134 valence electrons. The Bertz CT molecular complexity index is 771. The molecule has 4 heteroatoms. The highest BCUT2D eigenvalue weighted by molar-refractivity contribution is 8.13. The molecule has 0 aliphatic carbocycles. The fourth-order valence-electron chi connectivity index (χ4n) is 2.91. The van der Waals surface area contributed by atoms with Crippen molar-refractivity contribution in [1.82, 2.24) is 0 Å². The summed E-state index contributed by atoms with van der Waals surface area (Å²) in [7, 11) is 1.82. The second-order valence-corrected chi connectivity index (χ2v) is 7.05. The molecule has 0 atom stereocenters. The Morgan fingerprint density at radius 3 is 2.44 bits per heavy atom. The average Bonchev–Trinajstić information content (AvgIpc) is 2.61. The minimum absolute atomic E-state index is 0.0249. The molecule has 2 rings (SSSR count). The van der Waals surface area contributed by atoms with E-state index in [1.165, 1.54) is 28.5 Å². The molecule has 0 saturated heterocycles. The number of nitrogens with zero attached hydrogens (tertiary/aromatic N) is 1. The fraction of sp³-hybridized carbons (Fsp3) is 0.381. The Kier molecular flexibility index (Phi) is 6.54. The molecule has 0 spiro atoms. The number of benzene rings is 2. The molecular weight excluding hydrogens is 330 g/mol. The zero-order valence-corrected chi connectivity index (χ0v) is 16.8. The van der Waals surface area contributed by atoms with Crippen molar-refractivity contribution in [2.45, 2.75) is 40.7 Å². The maximum absolute atomic E-state index is 12.1. The van der Waals surface area contributed by atoms with Gasteiger partial charge in [-0.15, -0.1) is 0 Å². The first kappa shape index (κ1) is 19.4. The van der Waals surface area contributed by atoms with Crippen LogP contribution >= 0.6 is 11.8 Å². The molecule has 0 radical (unpaired) electrons. The summed E-state index contributed by atoms with van der Waals surface area (Å²) in [6, 6.07) is 10.3. The number of ether oxygens (including phenoxy) is 1. The Labute approximate surface area is 155 Å². The van der Waals surface area contributed by atoms with E-state index in [4.69, 9.17) is 4.74 Å². The smallest absolute Gasteiger partial charge is 0.285 e. The number of carbonyl (C=O) groups excluding carboxylic acids is 1. The monoisotopic (exact) mass is 357 g/mol. The van der Waals surface area contributed by atoms with Gasteiger partial charge in [0.15, 0.2) is 0 Å². The van der Waals surface area contributed by atoms with E-state index in [2.05, 4.69) is 45.9 Å². The van der Waals surface area contributed by atoms with Crippen molar-refractivity contribution >= 4 is 22.7 Å². The molecule has 0 fully saturated rings. The van der Waals surface area contributed by atoms with Gasteiger partial charge >= 0.3 is 0 Å². The molecule has 0 aliphatic heterocycles. The Hall–Kier alpha value is -1.94. The van der Waals surface area contributed by atoms with Crippen LogP contribution in [0.3, 0.4) is 0 Å². The van der Waals surface area contributed by atoms with E-state index in [9.17, 15) is 4.79 Å². The van der Waals surface area contributed by atoms with Gasteiger partial charge < -0.3 is 9.64 Å². The van der Waals surface area contributed by atoms with E-state index in [1.807, 2.05) is 19.2 Å². The van der Waals surface area contributed by atoms with E-state index < -0.39 is 0 Å². The van der Waals surface area contributed by atoms with Crippen molar-refractivity contribution in [2.24, 2.45) is 0 Å². The van der Waals surface area contributed by atoms with E-state index in [-0.39, 0.29) is 5.24 Å². The van der Waals surface area contributed by atoms with E-state index in [0.29, 0.717) is 6.61 Å². The number of hydrogen-bond donors (Lipinski definition) is 0. The molecule has 2 aromatic rings. The topological polar surface area (TPSA) is 29.5 Å². The second kappa shape index (κ2) is 8.43. The average molecular weight is 358 g/mol. The third-order valence-corrected chi connectivity index (χ3v) is 5.23. The first-order valence-electron chi connectivity index (χ1n) is 8.52. The van der Waals surface area contributed by atoms with Crippen LogP contribution in [0.2, 0.25) is 0 Å². The van der Waals surface area contributed by atoms with Gasteiger partial charge in [-0.05, 0) is 67.8 Å². The standard InChI is InChI=1S/C21H27NO2S/c1-7-17-9-8-10-19(22(5)21(23)25-6)18(17)13-24-20-12-15(3)14(2)11-16(20)4/h8-12H,7,13H2,1-6H3. The maximum Gasteiger partial charge on any atom is 0.285 e. The van der Waals surface area contributed by atoms with E-state index in [0.717, 1.165) is 29.0 Å². The maximum atomic E-state index is 12.1. The second-order valence-electron chi connectivity index (χ2n) is 6.29. The molecule has 2 aromatic carbocycles. The van der Waals surface area contributed by atoms with Crippen LogP contribution in [0.1, 0.15) is 34.7 Å². The van der Waals surface area contributed by atoms with Gasteiger partial charge in [-0.3, -0.25) is 4.79 Å². The van der Waals surface area contributed by atoms with Gasteiger partial charge in [0.25, 0.3) is 5.24 Å². The summed E-state index contributed by atoms with van der Waals surface area (Å²) in [4.78, 5) is 13.8. The van der Waals surface area contributed by atoms with Gasteiger partial charge in [0.1, 0.15) is 12.4 Å². The van der Waals surface area contributed by atoms with Crippen molar-refractivity contribution in [2.75, 3.05) is 18.2 Å². The zero-order valence-electron chi connectivity index (χ0n) is 16.0. The summed E-state index contributed by atoms with van der Waals surface area (Å²) < 4.78 is 6.16. The van der Waals surface area contributed by atoms with Crippen LogP contribution in [-0.2, 0) is 13.0 Å². The third-order valence-electron chi connectivity index (χ3n) is 4.60. The SMILES string of the molecule is CCc1cccc(N(C)C(=O)SC)c1COc1cc(C)c(C)cc1C. The molecule has 0 bridgehead atoms. The lowest BCUT2D eigenvalue weighted by molar-refractivity contribution is 0.266. The number of anilines is 1. The summed E-state index contributed by atoms with van der Waals surface area (Å²) in [5.41, 5.74) is 6.82. The molecule has 0 aliphatic rings. The van der Waals surface area contributed by atoms with Crippen LogP contribution in [0.15, 0.2) is 30.3 Å². The third kappa shape index (κ3) is 4.37. The van der Waals surface area contributed by atoms with Gasteiger partial charge in [-0.2, -0.15) is 0 Å². The number of rotatable bonds is 5. The summed E-state index contributed by atoms with van der Waals surface area (Å²) in [6.45, 7) is 8.85. The van der Waals surface area contributed by atoms with Crippen molar-refractivity contribution < 1.29 is 9.53 Å². The molecule has 0 N–H and O–H groups in total. The predicted octanol–water partition coefficient (Wildman–Crippen LogP) is 5.67. The van der Waals surface area contributed by atoms with Crippen molar-refractivity contribution in [3.8, 4) is 5.75 Å². The van der Waals surface area contributed by atoms with Gasteiger partial charge in [-0.1, -0.05) is 36.9 Å². The van der Waals surface area contributed by atoms with Gasteiger partial charge in [0.2, 0.25) is 0 Å². The number of hydrogen-bond acceptors (Lipinski definition) is 3. The van der Waals surface area contributed by atoms with Crippen molar-refractivity contribution in [1.29, 1.82) is 0 Å². The molecule has 0 heterocycles. The Balaban J connectivity index is 2.35. The first-order chi connectivity index (χ1) is 11.9. The van der Waals surface area contributed by atoms with Crippen LogP contribution in [-0.4, -0.2) is 18.5 Å². The highest BCUT2D eigenvalue weighted by Crippen LogP contribution is 2.29. The van der Waals surface area contributed by atoms with Crippen molar-refractivity contribution in [3.05, 3.63) is 58.1 Å². The highest BCUT2D eigenvalue weighted by atomic mass is 32.2. The summed E-state index contributed by atoms with van der Waals surface area (Å²) in [5.74, 6) is 0.902. The minimum atomic E-state index is 0.0249. The lowest BCUT2D eigenvalue weighted by atomic mass is 10.0. The van der Waals surface area contributed by atoms with Crippen LogP contribution in [0.4, 0.5) is 10.5 Å².